The quantitative estimate of drug-likeness (QED) is 0.602. The first-order chi connectivity index (χ1) is 15.2. The summed E-state index contributed by atoms with van der Waals surface area (Å²) in [5.41, 5.74) is 3.05. The van der Waals surface area contributed by atoms with Gasteiger partial charge in [0, 0.05) is 23.7 Å². The molecule has 2 aromatic rings. The Hall–Kier alpha value is -3.10. The molecule has 2 aromatic carbocycles. The molecule has 2 N–H and O–H groups in total. The Morgan fingerprint density at radius 1 is 1.06 bits per heavy atom. The van der Waals surface area contributed by atoms with Crippen LogP contribution >= 0.6 is 23.4 Å². The number of benzene rings is 2. The second kappa shape index (κ2) is 10.5. The average Bonchev–Trinajstić information content (AvgIpc) is 3.00. The van der Waals surface area contributed by atoms with Crippen LogP contribution in [0.2, 0.25) is 5.02 Å². The van der Waals surface area contributed by atoms with E-state index in [1.807, 2.05) is 19.9 Å². The average molecular weight is 472 g/mol. The molecule has 0 bridgehead atoms. The molecule has 0 radical (unpaired) electrons. The first kappa shape index (κ1) is 23.6. The predicted octanol–water partition coefficient (Wildman–Crippen LogP) is 3.54. The molecule has 0 aromatic heterocycles. The fourth-order valence-corrected chi connectivity index (χ4v) is 4.21. The maximum Gasteiger partial charge on any atom is 0.293 e. The van der Waals surface area contributed by atoms with Crippen molar-refractivity contribution < 1.29 is 19.2 Å². The van der Waals surface area contributed by atoms with E-state index in [4.69, 9.17) is 11.6 Å². The van der Waals surface area contributed by atoms with Crippen molar-refractivity contribution in [3.63, 3.8) is 0 Å². The Kier molecular flexibility index (Phi) is 7.71. The molecule has 0 atom stereocenters. The number of carbonyl (C=O) groups excluding carboxylic acids is 4. The molecule has 0 unspecified atom stereocenters. The number of hydrogen-bond acceptors (Lipinski definition) is 5. The Balaban J connectivity index is 1.48. The summed E-state index contributed by atoms with van der Waals surface area (Å²) in [5.74, 6) is -1.19. The van der Waals surface area contributed by atoms with Crippen LogP contribution in [0, 0.1) is 13.8 Å². The molecule has 1 aliphatic heterocycles. The number of nitrogens with one attached hydrogen (secondary N) is 2. The van der Waals surface area contributed by atoms with Crippen LogP contribution in [0.15, 0.2) is 47.4 Å². The van der Waals surface area contributed by atoms with Crippen molar-refractivity contribution in [1.29, 1.82) is 0 Å². The van der Waals surface area contributed by atoms with Crippen molar-refractivity contribution in [2.24, 2.45) is 0 Å². The van der Waals surface area contributed by atoms with Crippen LogP contribution < -0.4 is 10.6 Å². The second-order valence-corrected chi connectivity index (χ2v) is 8.66. The molecule has 166 valence electrons. The number of carbonyl (C=O) groups is 4. The fraction of sp³-hybridized carbons (Fsp3) is 0.217. The van der Waals surface area contributed by atoms with E-state index in [9.17, 15) is 19.2 Å². The minimum Gasteiger partial charge on any atom is -0.353 e. The molecule has 1 aliphatic rings. The molecule has 1 fully saturated rings. The zero-order valence-corrected chi connectivity index (χ0v) is 19.2. The van der Waals surface area contributed by atoms with Gasteiger partial charge in [-0.2, -0.15) is 0 Å². The molecule has 7 nitrogen and oxygen atoms in total. The highest BCUT2D eigenvalue weighted by Gasteiger charge is 2.34. The van der Waals surface area contributed by atoms with Crippen LogP contribution in [0.5, 0.6) is 0 Å². The summed E-state index contributed by atoms with van der Waals surface area (Å²) in [6, 6.07) is 12.5. The highest BCUT2D eigenvalue weighted by molar-refractivity contribution is 8.18. The van der Waals surface area contributed by atoms with Crippen LogP contribution in [0.3, 0.4) is 0 Å². The standard InChI is InChI=1S/C23H22ClN3O4S/c1-14-9-15(2)11-17(10-14)21(29)26-13-20(28)25-7-8-27-22(30)19(32-23(27)31)12-16-5-3-4-6-18(16)24/h3-6,9-12H,7-8,13H2,1-2H3,(H,25,28)(H,26,29)/b19-12-. The number of imide groups is 1. The summed E-state index contributed by atoms with van der Waals surface area (Å²) in [4.78, 5) is 50.4. The number of hydrogen-bond donors (Lipinski definition) is 2. The summed E-state index contributed by atoms with van der Waals surface area (Å²) >= 11 is 6.94. The second-order valence-electron chi connectivity index (χ2n) is 7.26. The van der Waals surface area contributed by atoms with Gasteiger partial charge in [0.2, 0.25) is 5.91 Å². The molecule has 9 heteroatoms. The lowest BCUT2D eigenvalue weighted by atomic mass is 10.1. The van der Waals surface area contributed by atoms with E-state index >= 15 is 0 Å². The highest BCUT2D eigenvalue weighted by atomic mass is 35.5. The molecule has 3 rings (SSSR count). The Bertz CT molecular complexity index is 1100. The maximum atomic E-state index is 12.5. The lowest BCUT2D eigenvalue weighted by Crippen LogP contribution is -2.41. The molecule has 1 heterocycles. The molecular weight excluding hydrogens is 450 g/mol. The minimum atomic E-state index is -0.433. The number of halogens is 1. The van der Waals surface area contributed by atoms with Gasteiger partial charge in [0.15, 0.2) is 0 Å². The third kappa shape index (κ3) is 5.99. The smallest absolute Gasteiger partial charge is 0.293 e. The zero-order chi connectivity index (χ0) is 23.3. The first-order valence-corrected chi connectivity index (χ1v) is 11.1. The van der Waals surface area contributed by atoms with Gasteiger partial charge in [-0.15, -0.1) is 0 Å². The van der Waals surface area contributed by atoms with Crippen molar-refractivity contribution in [2.75, 3.05) is 19.6 Å². The van der Waals surface area contributed by atoms with Crippen molar-refractivity contribution in [3.8, 4) is 0 Å². The summed E-state index contributed by atoms with van der Waals surface area (Å²) in [6.07, 6.45) is 1.58. The molecule has 0 saturated carbocycles. The van der Waals surface area contributed by atoms with Crippen LogP contribution in [0.25, 0.3) is 6.08 Å². The van der Waals surface area contributed by atoms with Gasteiger partial charge in [0.1, 0.15) is 0 Å². The van der Waals surface area contributed by atoms with Crippen molar-refractivity contribution >= 4 is 52.4 Å². The monoisotopic (exact) mass is 471 g/mol. The summed E-state index contributed by atoms with van der Waals surface area (Å²) in [7, 11) is 0. The lowest BCUT2D eigenvalue weighted by Gasteiger charge is -2.13. The Labute approximate surface area is 195 Å². The van der Waals surface area contributed by atoms with Gasteiger partial charge in [-0.05, 0) is 55.4 Å². The van der Waals surface area contributed by atoms with Crippen LogP contribution in [-0.2, 0) is 9.59 Å². The van der Waals surface area contributed by atoms with Crippen molar-refractivity contribution in [2.45, 2.75) is 13.8 Å². The van der Waals surface area contributed by atoms with E-state index in [-0.39, 0.29) is 30.4 Å². The van der Waals surface area contributed by atoms with Gasteiger partial charge >= 0.3 is 0 Å². The number of amides is 4. The molecular formula is C23H22ClN3O4S. The third-order valence-electron chi connectivity index (χ3n) is 4.62. The van der Waals surface area contributed by atoms with Crippen molar-refractivity contribution in [3.05, 3.63) is 74.6 Å². The molecule has 0 spiro atoms. The van der Waals surface area contributed by atoms with E-state index in [2.05, 4.69) is 10.6 Å². The molecule has 32 heavy (non-hydrogen) atoms. The van der Waals surface area contributed by atoms with Gasteiger partial charge < -0.3 is 10.6 Å². The van der Waals surface area contributed by atoms with E-state index < -0.39 is 17.1 Å². The first-order valence-electron chi connectivity index (χ1n) is 9.87. The SMILES string of the molecule is Cc1cc(C)cc(C(=O)NCC(=O)NCCN2C(=O)S/C(=C\c3ccccc3Cl)C2=O)c1. The summed E-state index contributed by atoms with van der Waals surface area (Å²) in [5, 5.41) is 5.24. The van der Waals surface area contributed by atoms with Crippen LogP contribution in [0.1, 0.15) is 27.0 Å². The van der Waals surface area contributed by atoms with E-state index in [0.29, 0.717) is 16.1 Å². The predicted molar refractivity (Wildman–Crippen MR) is 125 cm³/mol. The van der Waals surface area contributed by atoms with Crippen molar-refractivity contribution in [1.82, 2.24) is 15.5 Å². The highest BCUT2D eigenvalue weighted by Crippen LogP contribution is 2.33. The van der Waals surface area contributed by atoms with Crippen LogP contribution in [-0.4, -0.2) is 47.5 Å². The molecule has 0 aliphatic carbocycles. The van der Waals surface area contributed by atoms with Gasteiger partial charge in [-0.1, -0.05) is 47.0 Å². The minimum absolute atomic E-state index is 0.0291. The normalized spacial score (nSPS) is 14.7. The zero-order valence-electron chi connectivity index (χ0n) is 17.6. The van der Waals surface area contributed by atoms with Gasteiger partial charge in [-0.3, -0.25) is 24.1 Å². The van der Waals surface area contributed by atoms with Gasteiger partial charge in [0.25, 0.3) is 17.1 Å². The van der Waals surface area contributed by atoms with Crippen LogP contribution in [0.4, 0.5) is 4.79 Å². The number of aryl methyl sites for hydroxylation is 2. The Morgan fingerprint density at radius 2 is 1.75 bits per heavy atom. The summed E-state index contributed by atoms with van der Waals surface area (Å²) < 4.78 is 0. The van der Waals surface area contributed by atoms with Gasteiger partial charge in [0.05, 0.1) is 11.4 Å². The Morgan fingerprint density at radius 3 is 2.44 bits per heavy atom. The topological polar surface area (TPSA) is 95.6 Å². The number of nitrogens with zero attached hydrogens (tertiary/aromatic N) is 1. The third-order valence-corrected chi connectivity index (χ3v) is 5.87. The number of rotatable bonds is 7. The lowest BCUT2D eigenvalue weighted by molar-refractivity contribution is -0.124. The number of thioether (sulfide) groups is 1. The summed E-state index contributed by atoms with van der Waals surface area (Å²) in [6.45, 7) is 3.69. The fourth-order valence-electron chi connectivity index (χ4n) is 3.16. The van der Waals surface area contributed by atoms with E-state index in [1.165, 1.54) is 0 Å². The van der Waals surface area contributed by atoms with E-state index in [1.54, 1.807) is 42.5 Å². The van der Waals surface area contributed by atoms with E-state index in [0.717, 1.165) is 27.8 Å². The largest absolute Gasteiger partial charge is 0.353 e. The maximum absolute atomic E-state index is 12.5. The molecule has 4 amide bonds. The van der Waals surface area contributed by atoms with Gasteiger partial charge in [-0.25, -0.2) is 0 Å². The molecule has 1 saturated heterocycles.